The van der Waals surface area contributed by atoms with Gasteiger partial charge in [-0.2, -0.15) is 26.3 Å². The molecule has 0 saturated carbocycles. The van der Waals surface area contributed by atoms with Crippen LogP contribution < -0.4 is 0 Å². The molecule has 0 bridgehead atoms. The molecule has 1 aromatic rings. The number of alkyl halides is 6. The highest BCUT2D eigenvalue weighted by Gasteiger charge is 2.71. The molecule has 0 fully saturated rings. The third-order valence-corrected chi connectivity index (χ3v) is 6.61. The zero-order valence-electron chi connectivity index (χ0n) is 18.3. The van der Waals surface area contributed by atoms with Gasteiger partial charge in [-0.15, -0.1) is 0 Å². The monoisotopic (exact) mass is 426 g/mol. The summed E-state index contributed by atoms with van der Waals surface area (Å²) in [5.74, 6) is 0.244. The molecule has 0 spiro atoms. The molecule has 1 N–H and O–H groups in total. The molecule has 1 aromatic carbocycles. The lowest BCUT2D eigenvalue weighted by Gasteiger charge is -2.46. The predicted molar refractivity (Wildman–Crippen MR) is 102 cm³/mol. The molecule has 0 heterocycles. The van der Waals surface area contributed by atoms with Crippen LogP contribution in [-0.2, 0) is 11.0 Å². The minimum atomic E-state index is -5.89. The molecule has 2 unspecified atom stereocenters. The first kappa shape index (κ1) is 25.8. The smallest absolute Gasteiger partial charge is 0.369 e. The highest BCUT2D eigenvalue weighted by Crippen LogP contribution is 2.52. The summed E-state index contributed by atoms with van der Waals surface area (Å²) in [5, 5.41) is 9.61. The van der Waals surface area contributed by atoms with E-state index in [0.29, 0.717) is 12.0 Å². The molecule has 1 nitrogen and oxygen atoms in total. The topological polar surface area (TPSA) is 20.2 Å². The van der Waals surface area contributed by atoms with Crippen molar-refractivity contribution in [3.63, 3.8) is 0 Å². The van der Waals surface area contributed by atoms with E-state index < -0.39 is 28.9 Å². The third-order valence-electron chi connectivity index (χ3n) is 6.61. The van der Waals surface area contributed by atoms with Crippen LogP contribution >= 0.6 is 0 Å². The van der Waals surface area contributed by atoms with Crippen molar-refractivity contribution in [2.24, 2.45) is 16.7 Å². The van der Waals surface area contributed by atoms with Gasteiger partial charge < -0.3 is 5.11 Å². The van der Waals surface area contributed by atoms with Crippen LogP contribution in [0.1, 0.15) is 72.9 Å². The zero-order chi connectivity index (χ0) is 23.3. The predicted octanol–water partition coefficient (Wildman–Crippen LogP) is 7.37. The van der Waals surface area contributed by atoms with Gasteiger partial charge in [-0.25, -0.2) is 0 Å². The Kier molecular flexibility index (Phi) is 6.64. The number of aliphatic hydroxyl groups is 1. The van der Waals surface area contributed by atoms with Crippen LogP contribution in [-0.4, -0.2) is 17.5 Å². The largest absolute Gasteiger partial charge is 0.430 e. The Morgan fingerprint density at radius 1 is 0.724 bits per heavy atom. The van der Waals surface area contributed by atoms with Gasteiger partial charge in [0.1, 0.15) is 0 Å². The summed E-state index contributed by atoms with van der Waals surface area (Å²) in [7, 11) is 0. The van der Waals surface area contributed by atoms with Crippen LogP contribution in [0.5, 0.6) is 0 Å². The van der Waals surface area contributed by atoms with Crippen LogP contribution in [0.4, 0.5) is 26.3 Å². The summed E-state index contributed by atoms with van der Waals surface area (Å²) in [5.41, 5.74) is -6.34. The van der Waals surface area contributed by atoms with Crippen molar-refractivity contribution in [3.05, 3.63) is 35.4 Å². The van der Waals surface area contributed by atoms with Gasteiger partial charge in [0.05, 0.1) is 0 Å². The van der Waals surface area contributed by atoms with E-state index in [9.17, 15) is 31.4 Å². The van der Waals surface area contributed by atoms with Crippen molar-refractivity contribution in [2.45, 2.75) is 85.2 Å². The second kappa shape index (κ2) is 7.47. The summed E-state index contributed by atoms with van der Waals surface area (Å²) in [6.07, 6.45) is -11.1. The van der Waals surface area contributed by atoms with E-state index in [0.717, 1.165) is 12.1 Å². The van der Waals surface area contributed by atoms with Gasteiger partial charge in [0.15, 0.2) is 0 Å². The van der Waals surface area contributed by atoms with Gasteiger partial charge in [0, 0.05) is 5.56 Å². The number of rotatable bonds is 4. The molecule has 7 heteroatoms. The fourth-order valence-electron chi connectivity index (χ4n) is 3.34. The Hall–Kier alpha value is -1.24. The average Bonchev–Trinajstić information content (AvgIpc) is 2.49. The highest BCUT2D eigenvalue weighted by molar-refractivity contribution is 5.35. The van der Waals surface area contributed by atoms with E-state index in [1.165, 1.54) is 12.1 Å². The second-order valence-corrected chi connectivity index (χ2v) is 10.3. The molecular weight excluding hydrogens is 394 g/mol. The number of hydrogen-bond donors (Lipinski definition) is 1. The van der Waals surface area contributed by atoms with Crippen molar-refractivity contribution in [2.75, 3.05) is 0 Å². The quantitative estimate of drug-likeness (QED) is 0.498. The first-order valence-corrected chi connectivity index (χ1v) is 9.56. The summed E-state index contributed by atoms with van der Waals surface area (Å²) >= 11 is 0. The van der Waals surface area contributed by atoms with E-state index >= 15 is 0 Å². The van der Waals surface area contributed by atoms with Crippen LogP contribution in [0.3, 0.4) is 0 Å². The lowest BCUT2D eigenvalue weighted by Crippen LogP contribution is -2.54. The number of halogens is 6. The molecule has 168 valence electrons. The summed E-state index contributed by atoms with van der Waals surface area (Å²) < 4.78 is 78.9. The maximum Gasteiger partial charge on any atom is 0.430 e. The van der Waals surface area contributed by atoms with Crippen molar-refractivity contribution in [1.29, 1.82) is 0 Å². The van der Waals surface area contributed by atoms with E-state index in [4.69, 9.17) is 0 Å². The van der Waals surface area contributed by atoms with Gasteiger partial charge in [-0.1, -0.05) is 79.7 Å². The molecular formula is C22H32F6O. The Bertz CT molecular complexity index is 674. The van der Waals surface area contributed by atoms with Crippen molar-refractivity contribution in [1.82, 2.24) is 0 Å². The van der Waals surface area contributed by atoms with E-state index in [1.54, 1.807) is 0 Å². The number of hydrogen-bond acceptors (Lipinski definition) is 1. The molecule has 1 rings (SSSR count). The van der Waals surface area contributed by atoms with E-state index in [1.807, 2.05) is 27.7 Å². The summed E-state index contributed by atoms with van der Waals surface area (Å²) in [6.45, 7) is 16.3. The van der Waals surface area contributed by atoms with Crippen LogP contribution in [0.25, 0.3) is 0 Å². The molecule has 2 atom stereocenters. The minimum Gasteiger partial charge on any atom is -0.369 e. The van der Waals surface area contributed by atoms with Gasteiger partial charge in [-0.05, 0) is 34.1 Å². The molecule has 0 saturated heterocycles. The summed E-state index contributed by atoms with van der Waals surface area (Å²) in [6, 6.07) is 4.03. The Morgan fingerprint density at radius 3 is 1.34 bits per heavy atom. The molecule has 0 amide bonds. The lowest BCUT2D eigenvalue weighted by molar-refractivity contribution is -0.376. The zero-order valence-corrected chi connectivity index (χ0v) is 18.3. The molecule has 29 heavy (non-hydrogen) atoms. The molecule has 0 aromatic heterocycles. The van der Waals surface area contributed by atoms with Crippen LogP contribution in [0.2, 0.25) is 0 Å². The fraction of sp³-hybridized carbons (Fsp3) is 0.727. The highest BCUT2D eigenvalue weighted by atomic mass is 19.4. The first-order chi connectivity index (χ1) is 12.6. The van der Waals surface area contributed by atoms with Gasteiger partial charge >= 0.3 is 12.4 Å². The minimum absolute atomic E-state index is 0.0146. The van der Waals surface area contributed by atoms with Crippen molar-refractivity contribution >= 4 is 0 Å². The second-order valence-electron chi connectivity index (χ2n) is 10.3. The average molecular weight is 426 g/mol. The van der Waals surface area contributed by atoms with Crippen molar-refractivity contribution < 1.29 is 31.4 Å². The normalized spacial score (nSPS) is 17.8. The number of benzene rings is 1. The molecule has 0 aliphatic rings. The van der Waals surface area contributed by atoms with Crippen molar-refractivity contribution in [3.8, 4) is 0 Å². The van der Waals surface area contributed by atoms with Gasteiger partial charge in [0.25, 0.3) is 5.60 Å². The van der Waals surface area contributed by atoms with Gasteiger partial charge in [0.2, 0.25) is 0 Å². The first-order valence-electron chi connectivity index (χ1n) is 9.56. The Labute approximate surface area is 169 Å². The molecule has 0 radical (unpaired) electrons. The fourth-order valence-corrected chi connectivity index (χ4v) is 3.34. The lowest BCUT2D eigenvalue weighted by atomic mass is 9.58. The Balaban J connectivity index is 3.52. The maximum atomic E-state index is 13.1. The maximum absolute atomic E-state index is 13.1. The standard InChI is InChI=1S/C22H32F6O/c1-14(17(2,3)4)13-19(8,18(5,6)7)15-9-11-16(12-10-15)20(29,21(23,24)25)22(26,27)28/h9-12,14,29H,13H2,1-8H3. The molecule has 0 aliphatic heterocycles. The van der Waals surface area contributed by atoms with Crippen LogP contribution in [0.15, 0.2) is 24.3 Å². The molecule has 0 aliphatic carbocycles. The van der Waals surface area contributed by atoms with E-state index in [-0.39, 0.29) is 16.7 Å². The third kappa shape index (κ3) is 4.75. The SMILES string of the molecule is CC(CC(C)(c1ccc(C(O)(C(F)(F)F)C(F)(F)F)cc1)C(C)(C)C)C(C)(C)C. The van der Waals surface area contributed by atoms with Crippen LogP contribution in [0, 0.1) is 16.7 Å². The van der Waals surface area contributed by atoms with E-state index in [2.05, 4.69) is 27.7 Å². The summed E-state index contributed by atoms with van der Waals surface area (Å²) in [4.78, 5) is 0. The van der Waals surface area contributed by atoms with Gasteiger partial charge in [-0.3, -0.25) is 0 Å². The Morgan fingerprint density at radius 2 is 1.07 bits per heavy atom.